The molecule has 1 aliphatic heterocycles. The van der Waals surface area contributed by atoms with Gasteiger partial charge in [0.1, 0.15) is 5.25 Å². The number of nitrogens with zero attached hydrogens (tertiary/aromatic N) is 2. The number of benzene rings is 1. The Morgan fingerprint density at radius 1 is 1.32 bits per heavy atom. The molecule has 2 aliphatic rings. The molecule has 8 heteroatoms. The topological polar surface area (TPSA) is 82.9 Å². The van der Waals surface area contributed by atoms with E-state index in [2.05, 4.69) is 20.8 Å². The first kappa shape index (κ1) is 20.9. The summed E-state index contributed by atoms with van der Waals surface area (Å²) < 4.78 is 0. The van der Waals surface area contributed by atoms with Crippen LogP contribution in [-0.4, -0.2) is 27.9 Å². The second kappa shape index (κ2) is 9.56. The number of amides is 2. The van der Waals surface area contributed by atoms with Gasteiger partial charge in [-0.25, -0.2) is 0 Å². The van der Waals surface area contributed by atoms with E-state index in [-0.39, 0.29) is 18.2 Å². The number of carbonyl (C=O) groups excluding carboxylic acids is 2. The molecule has 2 N–H and O–H groups in total. The summed E-state index contributed by atoms with van der Waals surface area (Å²) in [5.41, 5.74) is 2.58. The molecular formula is C20H25ClN4O2S. The van der Waals surface area contributed by atoms with Crippen LogP contribution in [0.3, 0.4) is 0 Å². The minimum Gasteiger partial charge on any atom is -0.326 e. The molecule has 1 atom stereocenters. The molecule has 2 fully saturated rings. The van der Waals surface area contributed by atoms with Crippen LogP contribution >= 0.6 is 23.4 Å². The molecule has 6 nitrogen and oxygen atoms in total. The van der Waals surface area contributed by atoms with Crippen molar-refractivity contribution in [3.63, 3.8) is 0 Å². The van der Waals surface area contributed by atoms with Gasteiger partial charge in [0, 0.05) is 22.8 Å². The minimum atomic E-state index is -0.511. The predicted molar refractivity (Wildman–Crippen MR) is 116 cm³/mol. The number of halogens is 1. The van der Waals surface area contributed by atoms with Crippen molar-refractivity contribution in [2.75, 3.05) is 5.32 Å². The predicted octanol–water partition coefficient (Wildman–Crippen LogP) is 4.52. The van der Waals surface area contributed by atoms with Crippen molar-refractivity contribution < 1.29 is 9.59 Å². The number of hydrogen-bond donors (Lipinski definition) is 2. The van der Waals surface area contributed by atoms with Gasteiger partial charge in [-0.05, 0) is 50.3 Å². The van der Waals surface area contributed by atoms with E-state index < -0.39 is 5.25 Å². The second-order valence-corrected chi connectivity index (χ2v) is 8.92. The molecule has 1 aromatic carbocycles. The molecule has 150 valence electrons. The van der Waals surface area contributed by atoms with Crippen LogP contribution in [0.4, 0.5) is 5.69 Å². The normalized spacial score (nSPS) is 22.4. The van der Waals surface area contributed by atoms with Crippen LogP contribution in [0.1, 0.15) is 51.0 Å². The Morgan fingerprint density at radius 2 is 2.07 bits per heavy atom. The largest absolute Gasteiger partial charge is 0.326 e. The fraction of sp³-hybridized carbons (Fsp3) is 0.500. The number of hydrogen-bond acceptors (Lipinski definition) is 5. The molecule has 1 aromatic rings. The molecule has 3 rings (SSSR count). The lowest BCUT2D eigenvalue weighted by Crippen LogP contribution is -2.28. The minimum absolute atomic E-state index is 0.0623. The lowest BCUT2D eigenvalue weighted by atomic mass is 9.86. The monoisotopic (exact) mass is 420 g/mol. The molecule has 1 saturated heterocycles. The summed E-state index contributed by atoms with van der Waals surface area (Å²) in [6.45, 7) is 3.89. The van der Waals surface area contributed by atoms with Crippen LogP contribution < -0.4 is 10.6 Å². The van der Waals surface area contributed by atoms with Gasteiger partial charge in [0.2, 0.25) is 11.8 Å². The Balaban J connectivity index is 1.56. The molecule has 1 heterocycles. The number of thioether (sulfide) groups is 1. The van der Waals surface area contributed by atoms with Crippen molar-refractivity contribution in [1.29, 1.82) is 0 Å². The molecule has 0 spiro atoms. The van der Waals surface area contributed by atoms with Crippen LogP contribution in [-0.2, 0) is 9.59 Å². The number of rotatable bonds is 5. The molecule has 0 unspecified atom stereocenters. The SMILES string of the molecule is CC(=NN=C1NC(=O)[C@H](CC(=O)Nc2cc(Cl)ccc2C)S1)C1CCCCC1. The first-order valence-corrected chi connectivity index (χ1v) is 10.8. The molecule has 1 saturated carbocycles. The van der Waals surface area contributed by atoms with Gasteiger partial charge in [-0.3, -0.25) is 9.59 Å². The van der Waals surface area contributed by atoms with E-state index in [9.17, 15) is 9.59 Å². The third kappa shape index (κ3) is 5.58. The van der Waals surface area contributed by atoms with Crippen molar-refractivity contribution >= 4 is 51.7 Å². The number of anilines is 1. The van der Waals surface area contributed by atoms with Gasteiger partial charge in [-0.15, -0.1) is 5.10 Å². The smallest absolute Gasteiger partial charge is 0.240 e. The molecular weight excluding hydrogens is 396 g/mol. The zero-order valence-corrected chi connectivity index (χ0v) is 17.7. The molecule has 0 aromatic heterocycles. The Morgan fingerprint density at radius 3 is 2.82 bits per heavy atom. The van der Waals surface area contributed by atoms with Gasteiger partial charge >= 0.3 is 0 Å². The molecule has 0 radical (unpaired) electrons. The zero-order valence-electron chi connectivity index (χ0n) is 16.1. The van der Waals surface area contributed by atoms with E-state index >= 15 is 0 Å². The van der Waals surface area contributed by atoms with Gasteiger partial charge in [-0.2, -0.15) is 5.10 Å². The van der Waals surface area contributed by atoms with E-state index in [1.165, 1.54) is 31.0 Å². The van der Waals surface area contributed by atoms with Gasteiger partial charge in [0.05, 0.1) is 0 Å². The number of nitrogens with one attached hydrogen (secondary N) is 2. The van der Waals surface area contributed by atoms with Crippen molar-refractivity contribution in [1.82, 2.24) is 5.32 Å². The standard InChI is InChI=1S/C20H25ClN4O2S/c1-12-8-9-15(21)10-16(12)22-18(26)11-17-19(27)23-20(28-17)25-24-13(2)14-6-4-3-5-7-14/h8-10,14,17H,3-7,11H2,1-2H3,(H,22,26)(H,23,25,27)/t17-/m0/s1. The third-order valence-corrected chi connectivity index (χ3v) is 6.42. The average Bonchev–Trinajstić information content (AvgIpc) is 3.02. The Kier molecular flexibility index (Phi) is 7.13. The Bertz CT molecular complexity index is 818. The Hall–Kier alpha value is -1.86. The summed E-state index contributed by atoms with van der Waals surface area (Å²) >= 11 is 7.23. The quantitative estimate of drug-likeness (QED) is 0.542. The summed E-state index contributed by atoms with van der Waals surface area (Å²) in [6, 6.07) is 5.31. The first-order chi connectivity index (χ1) is 13.4. The number of carbonyl (C=O) groups is 2. The van der Waals surface area contributed by atoms with Gasteiger partial charge in [0.15, 0.2) is 5.17 Å². The molecule has 28 heavy (non-hydrogen) atoms. The Labute approximate surface area is 174 Å². The van der Waals surface area contributed by atoms with Crippen molar-refractivity contribution in [3.05, 3.63) is 28.8 Å². The molecule has 0 bridgehead atoms. The van der Waals surface area contributed by atoms with E-state index in [0.717, 1.165) is 24.1 Å². The summed E-state index contributed by atoms with van der Waals surface area (Å²) in [6.07, 6.45) is 6.15. The first-order valence-electron chi connectivity index (χ1n) is 9.58. The summed E-state index contributed by atoms with van der Waals surface area (Å²) in [7, 11) is 0. The van der Waals surface area contributed by atoms with E-state index in [1.54, 1.807) is 12.1 Å². The van der Waals surface area contributed by atoms with Gasteiger partial charge < -0.3 is 10.6 Å². The van der Waals surface area contributed by atoms with Crippen LogP contribution in [0.2, 0.25) is 5.02 Å². The number of aryl methyl sites for hydroxylation is 1. The third-order valence-electron chi connectivity index (χ3n) is 5.12. The second-order valence-electron chi connectivity index (χ2n) is 7.29. The van der Waals surface area contributed by atoms with Crippen LogP contribution in [0.15, 0.2) is 28.4 Å². The van der Waals surface area contributed by atoms with Crippen LogP contribution in [0.25, 0.3) is 0 Å². The van der Waals surface area contributed by atoms with E-state index in [4.69, 9.17) is 11.6 Å². The van der Waals surface area contributed by atoms with Crippen molar-refractivity contribution in [3.8, 4) is 0 Å². The number of amidine groups is 1. The maximum Gasteiger partial charge on any atom is 0.240 e. The lowest BCUT2D eigenvalue weighted by Gasteiger charge is -2.20. The maximum absolute atomic E-state index is 12.3. The van der Waals surface area contributed by atoms with E-state index in [0.29, 0.717) is 21.8 Å². The highest BCUT2D eigenvalue weighted by Crippen LogP contribution is 2.27. The summed E-state index contributed by atoms with van der Waals surface area (Å²) in [5, 5.41) is 14.6. The van der Waals surface area contributed by atoms with E-state index in [1.807, 2.05) is 19.9 Å². The zero-order chi connectivity index (χ0) is 20.1. The van der Waals surface area contributed by atoms with Crippen molar-refractivity contribution in [2.24, 2.45) is 16.1 Å². The summed E-state index contributed by atoms with van der Waals surface area (Å²) in [5.74, 6) is 0.0381. The fourth-order valence-corrected chi connectivity index (χ4v) is 4.50. The summed E-state index contributed by atoms with van der Waals surface area (Å²) in [4.78, 5) is 24.5. The van der Waals surface area contributed by atoms with Crippen LogP contribution in [0, 0.1) is 12.8 Å². The fourth-order valence-electron chi connectivity index (χ4n) is 3.41. The van der Waals surface area contributed by atoms with Gasteiger partial charge in [-0.1, -0.05) is 48.7 Å². The maximum atomic E-state index is 12.3. The highest BCUT2D eigenvalue weighted by Gasteiger charge is 2.32. The highest BCUT2D eigenvalue weighted by molar-refractivity contribution is 8.15. The molecule has 1 aliphatic carbocycles. The average molecular weight is 421 g/mol. The highest BCUT2D eigenvalue weighted by atomic mass is 35.5. The van der Waals surface area contributed by atoms with Gasteiger partial charge in [0.25, 0.3) is 0 Å². The van der Waals surface area contributed by atoms with Crippen LogP contribution in [0.5, 0.6) is 0 Å². The van der Waals surface area contributed by atoms with Crippen molar-refractivity contribution in [2.45, 2.75) is 57.6 Å². The lowest BCUT2D eigenvalue weighted by molar-refractivity contribution is -0.122. The molecule has 2 amide bonds.